The van der Waals surface area contributed by atoms with Crippen LogP contribution in [-0.4, -0.2) is 62.5 Å². The quantitative estimate of drug-likeness (QED) is 0.311. The Hall–Kier alpha value is -0.0700. The summed E-state index contributed by atoms with van der Waals surface area (Å²) in [5.74, 6) is -3.06. The molecule has 5 N–H and O–H groups in total. The van der Waals surface area contributed by atoms with Crippen molar-refractivity contribution in [3.8, 4) is 0 Å². The minimum atomic E-state index is -3.06. The number of aliphatic hydroxyl groups excluding tert-OH is 4. The van der Waals surface area contributed by atoms with E-state index in [1.165, 1.54) is 0 Å². The lowest BCUT2D eigenvalue weighted by Gasteiger charge is -2.40. The number of aliphatic hydroxyl groups is 5. The van der Waals surface area contributed by atoms with E-state index in [9.17, 15) is 29.7 Å². The van der Waals surface area contributed by atoms with Gasteiger partial charge in [0, 0.05) is 0 Å². The van der Waals surface area contributed by atoms with Gasteiger partial charge in [0.15, 0.2) is 6.10 Å². The van der Waals surface area contributed by atoms with E-state index in [2.05, 4.69) is 9.03 Å². The molecule has 0 unspecified atom stereocenters. The molecule has 1 fully saturated rings. The molecule has 0 bridgehead atoms. The first-order chi connectivity index (χ1) is 7.31. The zero-order valence-corrected chi connectivity index (χ0v) is 8.52. The van der Waals surface area contributed by atoms with Gasteiger partial charge in [0.25, 0.3) is 10.8 Å². The first-order valence-corrected chi connectivity index (χ1v) is 5.04. The van der Waals surface area contributed by atoms with Crippen LogP contribution in [0.3, 0.4) is 0 Å². The molecule has 0 amide bonds. The van der Waals surface area contributed by atoms with Gasteiger partial charge in [-0.1, -0.05) is 0 Å². The van der Waals surface area contributed by atoms with Gasteiger partial charge in [0.2, 0.25) is 0 Å². The summed E-state index contributed by atoms with van der Waals surface area (Å²) in [6.45, 7) is -0.821. The fraction of sp³-hybridized carbons (Fsp3) is 1.00. The van der Waals surface area contributed by atoms with E-state index in [1.54, 1.807) is 0 Å². The van der Waals surface area contributed by atoms with Gasteiger partial charge in [-0.3, -0.25) is 0 Å². The zero-order valence-electron chi connectivity index (χ0n) is 7.76. The molecule has 5 atom stereocenters. The van der Waals surface area contributed by atoms with E-state index in [0.717, 1.165) is 0 Å². The molecule has 0 aromatic rings. The monoisotopic (exact) mass is 262 g/mol. The van der Waals surface area contributed by atoms with E-state index >= 15 is 0 Å². The van der Waals surface area contributed by atoms with Crippen molar-refractivity contribution in [2.24, 2.45) is 0 Å². The van der Waals surface area contributed by atoms with E-state index in [0.29, 0.717) is 0 Å². The molecular weight excluding hydrogens is 252 g/mol. The molecule has 10 heteroatoms. The van der Waals surface area contributed by atoms with Crippen molar-refractivity contribution in [1.29, 1.82) is 0 Å². The second kappa shape index (κ2) is 5.06. The minimum Gasteiger partial charge on any atom is -0.394 e. The van der Waals surface area contributed by atoms with Gasteiger partial charge >= 0.3 is 5.97 Å². The van der Waals surface area contributed by atoms with Crippen LogP contribution in [0.15, 0.2) is 0 Å². The zero-order chi connectivity index (χ0) is 12.5. The Kier molecular flexibility index (Phi) is 4.42. The third kappa shape index (κ3) is 2.60. The highest BCUT2D eigenvalue weighted by molar-refractivity contribution is 4.91. The summed E-state index contributed by atoms with van der Waals surface area (Å²) < 4.78 is 28.6. The topological polar surface area (TPSA) is 166 Å². The molecule has 1 rings (SSSR count). The van der Waals surface area contributed by atoms with Gasteiger partial charge in [0.05, 0.1) is 10.9 Å². The fourth-order valence-corrected chi connectivity index (χ4v) is 1.59. The third-order valence-corrected chi connectivity index (χ3v) is 2.45. The molecule has 96 valence electrons. The maximum atomic E-state index is 10.2. The summed E-state index contributed by atoms with van der Waals surface area (Å²) in [4.78, 5) is 0. The minimum absolute atomic E-state index is 0.821. The van der Waals surface area contributed by atoms with Crippen LogP contribution in [0.5, 0.6) is 0 Å². The van der Waals surface area contributed by atoms with E-state index in [4.69, 9.17) is 5.11 Å². The van der Waals surface area contributed by atoms with Gasteiger partial charge in [0.1, 0.15) is 18.3 Å². The van der Waals surface area contributed by atoms with Crippen molar-refractivity contribution < 1.29 is 54.7 Å². The lowest BCUT2D eigenvalue weighted by atomic mass is 9.98. The van der Waals surface area contributed by atoms with Crippen LogP contribution in [0.2, 0.25) is 0 Å². The van der Waals surface area contributed by atoms with Crippen LogP contribution in [0.4, 0.5) is 0 Å². The lowest BCUT2D eigenvalue weighted by molar-refractivity contribution is -1.64. The SMILES string of the molecule is [O-][Cl+2]([O-])O[C@@]1(O)O[C@H](CO)[C@@H](O)[C@H](O)[C@H]1O. The van der Waals surface area contributed by atoms with Crippen LogP contribution >= 0.6 is 0 Å². The first kappa shape index (κ1) is 14.0. The van der Waals surface area contributed by atoms with Crippen molar-refractivity contribution >= 4 is 0 Å². The van der Waals surface area contributed by atoms with Gasteiger partial charge in [-0.05, 0) is 0 Å². The number of hydrogen-bond acceptors (Lipinski definition) is 9. The number of halogens is 1. The molecular formula is C6H11ClO9. The summed E-state index contributed by atoms with van der Waals surface area (Å²) in [7, 11) is -2.89. The van der Waals surface area contributed by atoms with Crippen molar-refractivity contribution in [2.75, 3.05) is 6.61 Å². The maximum absolute atomic E-state index is 10.2. The van der Waals surface area contributed by atoms with Crippen molar-refractivity contribution in [3.05, 3.63) is 0 Å². The highest BCUT2D eigenvalue weighted by atomic mass is 35.6. The molecule has 1 saturated heterocycles. The lowest BCUT2D eigenvalue weighted by Crippen LogP contribution is -2.67. The molecule has 1 aliphatic heterocycles. The predicted octanol–water partition coefficient (Wildman–Crippen LogP) is -5.79. The molecule has 0 spiro atoms. The summed E-state index contributed by atoms with van der Waals surface area (Å²) >= 11 is 0. The van der Waals surface area contributed by atoms with E-state index in [1.807, 2.05) is 0 Å². The van der Waals surface area contributed by atoms with E-state index < -0.39 is 47.8 Å². The summed E-state index contributed by atoms with van der Waals surface area (Å²) in [6.07, 6.45) is -7.35. The van der Waals surface area contributed by atoms with Gasteiger partial charge in [-0.15, -0.1) is 0 Å². The second-order valence-corrected chi connectivity index (χ2v) is 3.69. The molecule has 0 aromatic heterocycles. The van der Waals surface area contributed by atoms with Crippen molar-refractivity contribution in [3.63, 3.8) is 0 Å². The van der Waals surface area contributed by atoms with Gasteiger partial charge in [-0.25, -0.2) is 0 Å². The normalized spacial score (nSPS) is 45.0. The highest BCUT2D eigenvalue weighted by Gasteiger charge is 2.60. The van der Waals surface area contributed by atoms with Crippen molar-refractivity contribution in [1.82, 2.24) is 0 Å². The Bertz CT molecular complexity index is 236. The first-order valence-electron chi connectivity index (χ1n) is 4.12. The number of hydrogen-bond donors (Lipinski definition) is 5. The Labute approximate surface area is 92.5 Å². The maximum Gasteiger partial charge on any atom is 0.417 e. The third-order valence-electron chi connectivity index (χ3n) is 2.10. The molecule has 1 aliphatic rings. The standard InChI is InChI=1S/C6H11ClO9/c8-1-2-3(9)4(10)5(11)6(12,15-2)16-7(13)14/h2-5,8-12H,1H2/t2-,3-,4+,5-,6+/m1/s1. The van der Waals surface area contributed by atoms with E-state index in [-0.39, 0.29) is 0 Å². The number of rotatable bonds is 3. The van der Waals surface area contributed by atoms with Crippen LogP contribution in [0, 0.1) is 10.8 Å². The number of ether oxygens (including phenoxy) is 1. The summed E-state index contributed by atoms with van der Waals surface area (Å²) in [5, 5.41) is 45.9. The summed E-state index contributed by atoms with van der Waals surface area (Å²) in [6, 6.07) is 0. The summed E-state index contributed by atoms with van der Waals surface area (Å²) in [5.41, 5.74) is 0. The van der Waals surface area contributed by atoms with Crippen LogP contribution in [0.25, 0.3) is 0 Å². The highest BCUT2D eigenvalue weighted by Crippen LogP contribution is 2.29. The van der Waals surface area contributed by atoms with Crippen LogP contribution in [-0.2, 0) is 9.03 Å². The Morgan fingerprint density at radius 1 is 1.25 bits per heavy atom. The smallest absolute Gasteiger partial charge is 0.394 e. The molecule has 9 nitrogen and oxygen atoms in total. The molecule has 1 heterocycles. The van der Waals surface area contributed by atoms with Crippen molar-refractivity contribution in [2.45, 2.75) is 30.4 Å². The molecule has 0 radical (unpaired) electrons. The molecule has 0 aliphatic carbocycles. The average Bonchev–Trinajstić information content (AvgIpc) is 2.20. The Morgan fingerprint density at radius 2 is 1.81 bits per heavy atom. The largest absolute Gasteiger partial charge is 0.417 e. The Balaban J connectivity index is 2.85. The second-order valence-electron chi connectivity index (χ2n) is 3.16. The fourth-order valence-electron chi connectivity index (χ4n) is 1.28. The van der Waals surface area contributed by atoms with Crippen LogP contribution < -0.4 is 9.32 Å². The molecule has 0 saturated carbocycles. The molecule has 0 aromatic carbocycles. The predicted molar refractivity (Wildman–Crippen MR) is 36.0 cm³/mol. The van der Waals surface area contributed by atoms with Gasteiger partial charge < -0.3 is 39.6 Å². The van der Waals surface area contributed by atoms with Gasteiger partial charge in [-0.2, -0.15) is 0 Å². The Morgan fingerprint density at radius 3 is 2.25 bits per heavy atom. The molecule has 16 heavy (non-hydrogen) atoms. The van der Waals surface area contributed by atoms with Crippen LogP contribution in [0.1, 0.15) is 0 Å². The average molecular weight is 263 g/mol.